The highest BCUT2D eigenvalue weighted by Crippen LogP contribution is 2.36. The van der Waals surface area contributed by atoms with Crippen molar-refractivity contribution in [3.05, 3.63) is 46.4 Å². The predicted molar refractivity (Wildman–Crippen MR) is 119 cm³/mol. The number of benzene rings is 2. The lowest BCUT2D eigenvalue weighted by Crippen LogP contribution is -2.44. The Morgan fingerprint density at radius 1 is 1.23 bits per heavy atom. The molecule has 30 heavy (non-hydrogen) atoms. The summed E-state index contributed by atoms with van der Waals surface area (Å²) in [4.78, 5) is 26.3. The third-order valence-corrected chi connectivity index (χ3v) is 5.13. The van der Waals surface area contributed by atoms with Crippen molar-refractivity contribution in [3.63, 3.8) is 0 Å². The summed E-state index contributed by atoms with van der Waals surface area (Å²) in [6.45, 7) is 4.73. The smallest absolute Gasteiger partial charge is 0.267 e. The van der Waals surface area contributed by atoms with Crippen LogP contribution in [0.4, 0.5) is 11.4 Å². The monoisotopic (exact) mass is 450 g/mol. The number of carbonyl (C=O) groups is 2. The summed E-state index contributed by atoms with van der Waals surface area (Å²) in [5, 5.41) is 3.84. The molecule has 2 amide bonds. The van der Waals surface area contributed by atoms with Crippen molar-refractivity contribution in [1.29, 1.82) is 0 Å². The number of anilines is 2. The van der Waals surface area contributed by atoms with Crippen molar-refractivity contribution in [1.82, 2.24) is 0 Å². The van der Waals surface area contributed by atoms with E-state index in [-0.39, 0.29) is 11.8 Å². The molecule has 0 spiro atoms. The molecule has 3 rings (SSSR count). The first-order valence-corrected chi connectivity index (χ1v) is 10.6. The zero-order chi connectivity index (χ0) is 21.7. The van der Waals surface area contributed by atoms with Crippen LogP contribution in [-0.4, -0.2) is 31.1 Å². The van der Waals surface area contributed by atoms with Crippen LogP contribution in [0.3, 0.4) is 0 Å². The molecule has 1 aliphatic rings. The van der Waals surface area contributed by atoms with Gasteiger partial charge in [-0.1, -0.05) is 30.1 Å². The molecule has 2 aromatic rings. The molecule has 1 N–H and O–H groups in total. The minimum atomic E-state index is -0.549. The second kappa shape index (κ2) is 10.0. The van der Waals surface area contributed by atoms with Gasteiger partial charge in [0.2, 0.25) is 5.91 Å². The van der Waals surface area contributed by atoms with Gasteiger partial charge in [0.25, 0.3) is 5.91 Å². The van der Waals surface area contributed by atoms with Gasteiger partial charge in [-0.25, -0.2) is 0 Å². The molecule has 6 nitrogen and oxygen atoms in total. The van der Waals surface area contributed by atoms with Crippen LogP contribution >= 0.6 is 23.2 Å². The lowest BCUT2D eigenvalue weighted by atomic mass is 10.1. The minimum Gasteiger partial charge on any atom is -0.492 e. The van der Waals surface area contributed by atoms with Crippen LogP contribution in [0.25, 0.3) is 0 Å². The van der Waals surface area contributed by atoms with E-state index in [1.54, 1.807) is 48.2 Å². The van der Waals surface area contributed by atoms with Crippen molar-refractivity contribution in [3.8, 4) is 11.5 Å². The van der Waals surface area contributed by atoms with E-state index < -0.39 is 6.10 Å². The topological polar surface area (TPSA) is 67.9 Å². The van der Waals surface area contributed by atoms with E-state index in [0.717, 1.165) is 12.1 Å². The lowest BCUT2D eigenvalue weighted by Gasteiger charge is -2.33. The Labute approximate surface area is 186 Å². The van der Waals surface area contributed by atoms with Crippen LogP contribution in [0.5, 0.6) is 11.5 Å². The first-order valence-electron chi connectivity index (χ1n) is 9.89. The molecule has 0 fully saturated rings. The number of ether oxygens (including phenoxy) is 2. The van der Waals surface area contributed by atoms with Gasteiger partial charge in [0.05, 0.1) is 17.3 Å². The largest absolute Gasteiger partial charge is 0.492 e. The maximum atomic E-state index is 12.3. The van der Waals surface area contributed by atoms with Gasteiger partial charge < -0.3 is 19.7 Å². The van der Waals surface area contributed by atoms with Crippen molar-refractivity contribution in [2.24, 2.45) is 0 Å². The molecule has 0 radical (unpaired) electrons. The Balaban J connectivity index is 1.53. The SMILES string of the molecule is CCCN1C(=O)C(C)Oc2cc(NC(=O)CCCOc3ccc(Cl)cc3Cl)ccc21. The molecule has 8 heteroatoms. The van der Waals surface area contributed by atoms with Crippen LogP contribution in [0, 0.1) is 0 Å². The molecule has 0 aromatic heterocycles. The third-order valence-electron chi connectivity index (χ3n) is 4.60. The Morgan fingerprint density at radius 3 is 2.77 bits per heavy atom. The molecule has 0 bridgehead atoms. The van der Waals surface area contributed by atoms with Gasteiger partial charge in [-0.05, 0) is 50.1 Å². The zero-order valence-corrected chi connectivity index (χ0v) is 18.4. The summed E-state index contributed by atoms with van der Waals surface area (Å²) in [7, 11) is 0. The zero-order valence-electron chi connectivity index (χ0n) is 16.9. The van der Waals surface area contributed by atoms with Crippen molar-refractivity contribution < 1.29 is 19.1 Å². The van der Waals surface area contributed by atoms with Gasteiger partial charge in [0.1, 0.15) is 11.5 Å². The van der Waals surface area contributed by atoms with E-state index in [1.165, 1.54) is 0 Å². The second-order valence-corrected chi connectivity index (χ2v) is 7.85. The Hall–Kier alpha value is -2.44. The number of fused-ring (bicyclic) bond motifs is 1. The average molecular weight is 451 g/mol. The van der Waals surface area contributed by atoms with Crippen LogP contribution in [-0.2, 0) is 9.59 Å². The third kappa shape index (κ3) is 5.37. The number of nitrogens with zero attached hydrogens (tertiary/aromatic N) is 1. The molecule has 0 saturated heterocycles. The number of carbonyl (C=O) groups excluding carboxylic acids is 2. The molecular formula is C22H24Cl2N2O4. The normalized spacial score (nSPS) is 15.4. The maximum absolute atomic E-state index is 12.3. The summed E-state index contributed by atoms with van der Waals surface area (Å²) in [5.41, 5.74) is 1.35. The number of hydrogen-bond donors (Lipinski definition) is 1. The van der Waals surface area contributed by atoms with E-state index in [4.69, 9.17) is 32.7 Å². The lowest BCUT2D eigenvalue weighted by molar-refractivity contribution is -0.125. The van der Waals surface area contributed by atoms with Crippen molar-refractivity contribution in [2.75, 3.05) is 23.4 Å². The molecule has 0 aliphatic carbocycles. The molecular weight excluding hydrogens is 427 g/mol. The first kappa shape index (κ1) is 22.2. The number of rotatable bonds is 8. The second-order valence-electron chi connectivity index (χ2n) is 7.01. The number of halogens is 2. The Morgan fingerprint density at radius 2 is 2.03 bits per heavy atom. The highest BCUT2D eigenvalue weighted by Gasteiger charge is 2.31. The fourth-order valence-electron chi connectivity index (χ4n) is 3.17. The fraction of sp³-hybridized carbons (Fsp3) is 0.364. The highest BCUT2D eigenvalue weighted by molar-refractivity contribution is 6.35. The molecule has 1 aliphatic heterocycles. The van der Waals surface area contributed by atoms with Gasteiger partial charge in [-0.2, -0.15) is 0 Å². The molecule has 0 saturated carbocycles. The van der Waals surface area contributed by atoms with Crippen molar-refractivity contribution in [2.45, 2.75) is 39.2 Å². The van der Waals surface area contributed by atoms with E-state index in [0.29, 0.717) is 53.2 Å². The summed E-state index contributed by atoms with van der Waals surface area (Å²) in [5.74, 6) is 0.940. The highest BCUT2D eigenvalue weighted by atomic mass is 35.5. The maximum Gasteiger partial charge on any atom is 0.267 e. The van der Waals surface area contributed by atoms with Gasteiger partial charge in [0.15, 0.2) is 6.10 Å². The van der Waals surface area contributed by atoms with Crippen LogP contribution in [0.15, 0.2) is 36.4 Å². The summed E-state index contributed by atoms with van der Waals surface area (Å²) in [6, 6.07) is 10.3. The fourth-order valence-corrected chi connectivity index (χ4v) is 3.64. The summed E-state index contributed by atoms with van der Waals surface area (Å²) >= 11 is 11.9. The van der Waals surface area contributed by atoms with E-state index in [9.17, 15) is 9.59 Å². The number of amides is 2. The van der Waals surface area contributed by atoms with Crippen LogP contribution < -0.4 is 19.7 Å². The van der Waals surface area contributed by atoms with Gasteiger partial charge in [-0.3, -0.25) is 9.59 Å². The average Bonchev–Trinajstić information content (AvgIpc) is 2.70. The van der Waals surface area contributed by atoms with Crippen LogP contribution in [0.1, 0.15) is 33.1 Å². The van der Waals surface area contributed by atoms with Gasteiger partial charge in [-0.15, -0.1) is 0 Å². The summed E-state index contributed by atoms with van der Waals surface area (Å²) in [6.07, 6.45) is 1.12. The molecule has 2 aromatic carbocycles. The Bertz CT molecular complexity index is 935. The van der Waals surface area contributed by atoms with Gasteiger partial charge in [0, 0.05) is 29.7 Å². The van der Waals surface area contributed by atoms with E-state index >= 15 is 0 Å². The van der Waals surface area contributed by atoms with Crippen LogP contribution in [0.2, 0.25) is 10.0 Å². The predicted octanol–water partition coefficient (Wildman–Crippen LogP) is 5.32. The van der Waals surface area contributed by atoms with E-state index in [1.807, 2.05) is 6.92 Å². The molecule has 160 valence electrons. The van der Waals surface area contributed by atoms with Crippen molar-refractivity contribution >= 4 is 46.4 Å². The molecule has 1 heterocycles. The standard InChI is InChI=1S/C22H24Cl2N2O4/c1-3-10-26-18-8-7-16(13-20(18)30-14(2)22(26)28)25-21(27)5-4-11-29-19-9-6-15(23)12-17(19)24/h6-9,12-14H,3-5,10-11H2,1-2H3,(H,25,27). The number of hydrogen-bond acceptors (Lipinski definition) is 4. The minimum absolute atomic E-state index is 0.0538. The first-order chi connectivity index (χ1) is 14.4. The van der Waals surface area contributed by atoms with E-state index in [2.05, 4.69) is 5.32 Å². The molecule has 1 unspecified atom stereocenters. The molecule has 1 atom stereocenters. The quantitative estimate of drug-likeness (QED) is 0.552. The Kier molecular flexibility index (Phi) is 7.45. The van der Waals surface area contributed by atoms with Gasteiger partial charge >= 0.3 is 0 Å². The number of nitrogens with one attached hydrogen (secondary N) is 1. The summed E-state index contributed by atoms with van der Waals surface area (Å²) < 4.78 is 11.3.